The van der Waals surface area contributed by atoms with Crippen LogP contribution in [0.3, 0.4) is 0 Å². The van der Waals surface area contributed by atoms with Gasteiger partial charge in [0.15, 0.2) is 0 Å². The van der Waals surface area contributed by atoms with Crippen LogP contribution in [0.15, 0.2) is 30.3 Å². The van der Waals surface area contributed by atoms with Crippen LogP contribution in [-0.2, 0) is 25.7 Å². The molecule has 7 heteroatoms. The van der Waals surface area contributed by atoms with E-state index in [0.29, 0.717) is 26.0 Å². The van der Waals surface area contributed by atoms with Crippen LogP contribution >= 0.6 is 0 Å². The predicted octanol–water partition coefficient (Wildman–Crippen LogP) is 1.47. The monoisotopic (exact) mass is 334 g/mol. The maximum Gasteiger partial charge on any atom is 0.417 e. The maximum atomic E-state index is 12.2. The minimum absolute atomic E-state index is 0.0611. The minimum Gasteiger partial charge on any atom is -0.444 e. The molecule has 24 heavy (non-hydrogen) atoms. The van der Waals surface area contributed by atoms with Gasteiger partial charge in [0.25, 0.3) is 0 Å². The van der Waals surface area contributed by atoms with E-state index in [1.54, 1.807) is 7.11 Å². The van der Waals surface area contributed by atoms with E-state index in [-0.39, 0.29) is 24.8 Å². The molecule has 0 bridgehead atoms. The smallest absolute Gasteiger partial charge is 0.417 e. The number of carbonyl (C=O) groups excluding carboxylic acids is 3. The van der Waals surface area contributed by atoms with Gasteiger partial charge >= 0.3 is 6.09 Å². The summed E-state index contributed by atoms with van der Waals surface area (Å²) >= 11 is 0. The van der Waals surface area contributed by atoms with Crippen molar-refractivity contribution in [3.8, 4) is 0 Å². The van der Waals surface area contributed by atoms with Crippen molar-refractivity contribution in [2.45, 2.75) is 31.9 Å². The van der Waals surface area contributed by atoms with Crippen molar-refractivity contribution in [1.82, 2.24) is 10.2 Å². The molecule has 3 amide bonds. The first-order valence-corrected chi connectivity index (χ1v) is 7.93. The summed E-state index contributed by atoms with van der Waals surface area (Å²) < 4.78 is 10.1. The van der Waals surface area contributed by atoms with Crippen LogP contribution in [0.25, 0.3) is 0 Å². The van der Waals surface area contributed by atoms with Crippen LogP contribution < -0.4 is 5.32 Å². The second-order valence-corrected chi connectivity index (χ2v) is 5.50. The zero-order valence-corrected chi connectivity index (χ0v) is 13.7. The summed E-state index contributed by atoms with van der Waals surface area (Å²) in [6, 6.07) is 8.36. The highest BCUT2D eigenvalue weighted by Gasteiger charge is 2.41. The molecule has 0 radical (unpaired) electrons. The standard InChI is InChI=1S/C17H22N2O5/c1-23-11-5-10-18-16(21)14-8-9-15(20)19(14)17(22)24-12-13-6-3-2-4-7-13/h2-4,6-7,14H,5,8-12H2,1H3,(H,18,21)/t14-/m1/s1. The van der Waals surface area contributed by atoms with Crippen molar-refractivity contribution in [3.63, 3.8) is 0 Å². The lowest BCUT2D eigenvalue weighted by molar-refractivity contribution is -0.133. The van der Waals surface area contributed by atoms with E-state index < -0.39 is 12.1 Å². The van der Waals surface area contributed by atoms with Crippen LogP contribution in [0.5, 0.6) is 0 Å². The zero-order valence-electron chi connectivity index (χ0n) is 13.7. The highest BCUT2D eigenvalue weighted by atomic mass is 16.6. The van der Waals surface area contributed by atoms with E-state index in [4.69, 9.17) is 9.47 Å². The Hall–Kier alpha value is -2.41. The third kappa shape index (κ3) is 4.79. The Labute approximate surface area is 140 Å². The molecule has 0 spiro atoms. The van der Waals surface area contributed by atoms with Crippen molar-refractivity contribution in [2.75, 3.05) is 20.3 Å². The second kappa shape index (κ2) is 9.02. The largest absolute Gasteiger partial charge is 0.444 e. The van der Waals surface area contributed by atoms with Gasteiger partial charge in [-0.25, -0.2) is 9.69 Å². The minimum atomic E-state index is -0.802. The number of likely N-dealkylation sites (tertiary alicyclic amines) is 1. The Bertz CT molecular complexity index is 576. The van der Waals surface area contributed by atoms with E-state index in [1.807, 2.05) is 30.3 Å². The molecule has 130 valence electrons. The van der Waals surface area contributed by atoms with Gasteiger partial charge < -0.3 is 14.8 Å². The molecule has 0 unspecified atom stereocenters. The molecule has 0 saturated carbocycles. The summed E-state index contributed by atoms with van der Waals surface area (Å²) in [5, 5.41) is 2.72. The first kappa shape index (κ1) is 17.9. The molecular formula is C17H22N2O5. The van der Waals surface area contributed by atoms with Crippen molar-refractivity contribution < 1.29 is 23.9 Å². The number of hydrogen-bond acceptors (Lipinski definition) is 5. The number of hydrogen-bond donors (Lipinski definition) is 1. The molecule has 1 aromatic carbocycles. The van der Waals surface area contributed by atoms with Gasteiger partial charge in [-0.1, -0.05) is 30.3 Å². The lowest BCUT2D eigenvalue weighted by atomic mass is 10.2. The van der Waals surface area contributed by atoms with Crippen LogP contribution in [0, 0.1) is 0 Å². The Balaban J connectivity index is 1.89. The third-order valence-electron chi connectivity index (χ3n) is 3.74. The fraction of sp³-hybridized carbons (Fsp3) is 0.471. The molecule has 1 N–H and O–H groups in total. The molecule has 1 saturated heterocycles. The molecule has 1 aromatic rings. The third-order valence-corrected chi connectivity index (χ3v) is 3.74. The topological polar surface area (TPSA) is 84.9 Å². The summed E-state index contributed by atoms with van der Waals surface area (Å²) in [5.74, 6) is -0.723. The number of ether oxygens (including phenoxy) is 2. The number of nitrogens with zero attached hydrogens (tertiary/aromatic N) is 1. The molecule has 7 nitrogen and oxygen atoms in total. The van der Waals surface area contributed by atoms with E-state index in [9.17, 15) is 14.4 Å². The van der Waals surface area contributed by atoms with Gasteiger partial charge in [-0.3, -0.25) is 9.59 Å². The number of rotatable bonds is 7. The molecule has 0 aliphatic carbocycles. The molecule has 1 atom stereocenters. The molecule has 1 fully saturated rings. The van der Waals surface area contributed by atoms with Crippen LogP contribution in [-0.4, -0.2) is 49.1 Å². The van der Waals surface area contributed by atoms with Gasteiger partial charge in [0.2, 0.25) is 11.8 Å². The molecule has 1 heterocycles. The van der Waals surface area contributed by atoms with Gasteiger partial charge in [-0.05, 0) is 18.4 Å². The number of benzene rings is 1. The van der Waals surface area contributed by atoms with Crippen molar-refractivity contribution in [1.29, 1.82) is 0 Å². The number of imide groups is 1. The van der Waals surface area contributed by atoms with E-state index >= 15 is 0 Å². The molecule has 2 rings (SSSR count). The number of methoxy groups -OCH3 is 1. The molecular weight excluding hydrogens is 312 g/mol. The van der Waals surface area contributed by atoms with Crippen LogP contribution in [0.2, 0.25) is 0 Å². The Morgan fingerprint density at radius 2 is 2.04 bits per heavy atom. The SMILES string of the molecule is COCCCNC(=O)[C@H]1CCC(=O)N1C(=O)OCc1ccccc1. The van der Waals surface area contributed by atoms with Gasteiger partial charge in [0.1, 0.15) is 12.6 Å². The molecule has 0 aromatic heterocycles. The predicted molar refractivity (Wildman–Crippen MR) is 86.0 cm³/mol. The quantitative estimate of drug-likeness (QED) is 0.763. The van der Waals surface area contributed by atoms with Gasteiger partial charge in [-0.2, -0.15) is 0 Å². The second-order valence-electron chi connectivity index (χ2n) is 5.50. The maximum absolute atomic E-state index is 12.2. The summed E-state index contributed by atoms with van der Waals surface area (Å²) in [7, 11) is 1.59. The number of nitrogens with one attached hydrogen (secondary N) is 1. The molecule has 1 aliphatic heterocycles. The van der Waals surface area contributed by atoms with Crippen LogP contribution in [0.1, 0.15) is 24.8 Å². The summed E-state index contributed by atoms with van der Waals surface area (Å²) in [5.41, 5.74) is 0.818. The first-order valence-electron chi connectivity index (χ1n) is 7.93. The van der Waals surface area contributed by atoms with Crippen molar-refractivity contribution in [3.05, 3.63) is 35.9 Å². The lowest BCUT2D eigenvalue weighted by Gasteiger charge is -2.21. The highest BCUT2D eigenvalue weighted by Crippen LogP contribution is 2.20. The number of carbonyl (C=O) groups is 3. The van der Waals surface area contributed by atoms with Crippen molar-refractivity contribution in [2.24, 2.45) is 0 Å². The van der Waals surface area contributed by atoms with Crippen molar-refractivity contribution >= 4 is 17.9 Å². The normalized spacial score (nSPS) is 17.0. The highest BCUT2D eigenvalue weighted by molar-refractivity contribution is 6.00. The van der Waals surface area contributed by atoms with Gasteiger partial charge in [-0.15, -0.1) is 0 Å². The van der Waals surface area contributed by atoms with Crippen LogP contribution in [0.4, 0.5) is 4.79 Å². The van der Waals surface area contributed by atoms with Gasteiger partial charge in [0.05, 0.1) is 0 Å². The Morgan fingerprint density at radius 1 is 1.29 bits per heavy atom. The summed E-state index contributed by atoms with van der Waals surface area (Å²) in [4.78, 5) is 37.3. The molecule has 1 aliphatic rings. The summed E-state index contributed by atoms with van der Waals surface area (Å²) in [6.07, 6.45) is 0.367. The number of amides is 3. The Kier molecular flexibility index (Phi) is 6.74. The fourth-order valence-electron chi connectivity index (χ4n) is 2.50. The zero-order chi connectivity index (χ0) is 17.4. The van der Waals surface area contributed by atoms with E-state index in [1.165, 1.54) is 0 Å². The fourth-order valence-corrected chi connectivity index (χ4v) is 2.50. The van der Waals surface area contributed by atoms with Gasteiger partial charge in [0, 0.05) is 26.7 Å². The Morgan fingerprint density at radius 3 is 2.75 bits per heavy atom. The summed E-state index contributed by atoms with van der Waals surface area (Å²) in [6.45, 7) is 1.03. The first-order chi connectivity index (χ1) is 11.6. The average molecular weight is 334 g/mol. The lowest BCUT2D eigenvalue weighted by Crippen LogP contribution is -2.48. The van der Waals surface area contributed by atoms with E-state index in [2.05, 4.69) is 5.32 Å². The average Bonchev–Trinajstić information content (AvgIpc) is 2.99. The van der Waals surface area contributed by atoms with E-state index in [0.717, 1.165) is 10.5 Å².